The van der Waals surface area contributed by atoms with Crippen molar-refractivity contribution < 1.29 is 4.79 Å². The van der Waals surface area contributed by atoms with Gasteiger partial charge in [0.1, 0.15) is 0 Å². The summed E-state index contributed by atoms with van der Waals surface area (Å²) >= 11 is 4.34. The molecule has 2 N–H and O–H groups in total. The summed E-state index contributed by atoms with van der Waals surface area (Å²) < 4.78 is 0. The van der Waals surface area contributed by atoms with Crippen LogP contribution in [0.5, 0.6) is 0 Å². The van der Waals surface area contributed by atoms with E-state index in [2.05, 4.69) is 17.6 Å². The lowest BCUT2D eigenvalue weighted by molar-refractivity contribution is 0.0982. The highest BCUT2D eigenvalue weighted by atomic mass is 32.1. The highest BCUT2D eigenvalue weighted by Crippen LogP contribution is 2.23. The molecule has 0 fully saturated rings. The van der Waals surface area contributed by atoms with Gasteiger partial charge in [-0.2, -0.15) is 0 Å². The first-order valence-electron chi connectivity index (χ1n) is 5.54. The summed E-state index contributed by atoms with van der Waals surface area (Å²) in [5.74, 6) is 0.113. The molecule has 0 spiro atoms. The van der Waals surface area contributed by atoms with E-state index in [0.29, 0.717) is 24.9 Å². The number of ketones is 1. The molecule has 1 heterocycles. The zero-order valence-corrected chi connectivity index (χ0v) is 10.3. The van der Waals surface area contributed by atoms with Crippen molar-refractivity contribution in [1.29, 1.82) is 0 Å². The van der Waals surface area contributed by atoms with Crippen LogP contribution in [-0.2, 0) is 0 Å². The number of rotatable bonds is 4. The minimum absolute atomic E-state index is 0.113. The summed E-state index contributed by atoms with van der Waals surface area (Å²) in [6, 6.07) is 7.41. The minimum atomic E-state index is 0.113. The molecule has 2 rings (SSSR count). The number of Topliss-reactive ketones (excluding diaryl/α,β-unsaturated/α-hetero) is 1. The first kappa shape index (κ1) is 12.1. The fourth-order valence-corrected chi connectivity index (χ4v) is 2.07. The van der Waals surface area contributed by atoms with Crippen molar-refractivity contribution in [3.8, 4) is 0 Å². The number of pyridine rings is 1. The van der Waals surface area contributed by atoms with Crippen LogP contribution in [0.4, 0.5) is 0 Å². The number of aromatic nitrogens is 1. The van der Waals surface area contributed by atoms with E-state index in [-0.39, 0.29) is 5.78 Å². The van der Waals surface area contributed by atoms with Crippen LogP contribution < -0.4 is 5.73 Å². The molecule has 0 aliphatic carbocycles. The number of para-hydroxylation sites is 1. The fraction of sp³-hybridized carbons (Fsp3) is 0.231. The lowest BCUT2D eigenvalue weighted by atomic mass is 10.0. The van der Waals surface area contributed by atoms with Gasteiger partial charge in [-0.15, -0.1) is 12.6 Å². The molecule has 0 unspecified atom stereocenters. The smallest absolute Gasteiger partial charge is 0.163 e. The van der Waals surface area contributed by atoms with Crippen LogP contribution in [0.25, 0.3) is 10.9 Å². The average molecular weight is 246 g/mol. The number of carbonyl (C=O) groups excluding carboxylic acids is 1. The largest absolute Gasteiger partial charge is 0.330 e. The molecule has 88 valence electrons. The Morgan fingerprint density at radius 3 is 2.94 bits per heavy atom. The third-order valence-corrected chi connectivity index (χ3v) is 3.02. The van der Waals surface area contributed by atoms with Gasteiger partial charge in [-0.3, -0.25) is 9.78 Å². The third kappa shape index (κ3) is 2.48. The second kappa shape index (κ2) is 5.29. The van der Waals surface area contributed by atoms with E-state index >= 15 is 0 Å². The Morgan fingerprint density at radius 2 is 2.18 bits per heavy atom. The first-order valence-corrected chi connectivity index (χ1v) is 5.98. The van der Waals surface area contributed by atoms with E-state index in [4.69, 9.17) is 5.73 Å². The van der Waals surface area contributed by atoms with Crippen LogP contribution in [0.3, 0.4) is 0 Å². The number of hydrogen-bond acceptors (Lipinski definition) is 4. The zero-order valence-electron chi connectivity index (χ0n) is 9.39. The molecule has 2 aromatic rings. The molecule has 4 heteroatoms. The van der Waals surface area contributed by atoms with E-state index < -0.39 is 0 Å². The molecule has 0 radical (unpaired) electrons. The second-order valence-corrected chi connectivity index (χ2v) is 4.33. The van der Waals surface area contributed by atoms with Crippen molar-refractivity contribution in [3.63, 3.8) is 0 Å². The third-order valence-electron chi connectivity index (χ3n) is 2.66. The van der Waals surface area contributed by atoms with Gasteiger partial charge in [-0.25, -0.2) is 0 Å². The molecule has 1 aromatic heterocycles. The van der Waals surface area contributed by atoms with E-state index in [1.165, 1.54) is 0 Å². The van der Waals surface area contributed by atoms with Crippen molar-refractivity contribution in [2.24, 2.45) is 5.73 Å². The second-order valence-electron chi connectivity index (χ2n) is 3.85. The fourth-order valence-electron chi connectivity index (χ4n) is 1.80. The number of nitrogens with zero attached hydrogens (tertiary/aromatic N) is 1. The molecule has 3 nitrogen and oxygen atoms in total. The molecule has 0 bridgehead atoms. The van der Waals surface area contributed by atoms with Gasteiger partial charge in [0, 0.05) is 28.5 Å². The number of fused-ring (bicyclic) bond motifs is 1. The molecule has 0 amide bonds. The monoisotopic (exact) mass is 246 g/mol. The van der Waals surface area contributed by atoms with Crippen LogP contribution in [0.1, 0.15) is 23.2 Å². The van der Waals surface area contributed by atoms with Crippen LogP contribution in [0.15, 0.2) is 35.4 Å². The topological polar surface area (TPSA) is 56.0 Å². The zero-order chi connectivity index (χ0) is 12.3. The molecule has 0 aliphatic rings. The van der Waals surface area contributed by atoms with Crippen LogP contribution in [0, 0.1) is 0 Å². The van der Waals surface area contributed by atoms with Gasteiger partial charge in [-0.05, 0) is 25.1 Å². The van der Waals surface area contributed by atoms with Crippen LogP contribution >= 0.6 is 12.6 Å². The van der Waals surface area contributed by atoms with Gasteiger partial charge in [-0.1, -0.05) is 12.1 Å². The van der Waals surface area contributed by atoms with Crippen molar-refractivity contribution in [2.45, 2.75) is 17.7 Å². The summed E-state index contributed by atoms with van der Waals surface area (Å²) in [7, 11) is 0. The first-order chi connectivity index (χ1) is 8.24. The maximum absolute atomic E-state index is 12.0. The van der Waals surface area contributed by atoms with Gasteiger partial charge in [0.15, 0.2) is 5.78 Å². The molecule has 17 heavy (non-hydrogen) atoms. The molecule has 0 saturated carbocycles. The molecule has 0 aliphatic heterocycles. The molecule has 0 atom stereocenters. The van der Waals surface area contributed by atoms with Gasteiger partial charge in [0.25, 0.3) is 0 Å². The van der Waals surface area contributed by atoms with Crippen LogP contribution in [0.2, 0.25) is 0 Å². The Bertz CT molecular complexity index is 554. The predicted molar refractivity (Wildman–Crippen MR) is 71.6 cm³/mol. The molecular weight excluding hydrogens is 232 g/mol. The molecular formula is C13H14N2OS. The standard InChI is InChI=1S/C13H14N2OS/c14-7-2-4-11(16)9-6-8-15-13-10(9)3-1-5-12(13)17/h1,3,5-6,8,17H,2,4,7,14H2. The van der Waals surface area contributed by atoms with E-state index in [1.807, 2.05) is 18.2 Å². The minimum Gasteiger partial charge on any atom is -0.330 e. The number of benzene rings is 1. The van der Waals surface area contributed by atoms with Crippen molar-refractivity contribution in [1.82, 2.24) is 4.98 Å². The van der Waals surface area contributed by atoms with E-state index in [0.717, 1.165) is 15.8 Å². The Hall–Kier alpha value is -1.39. The van der Waals surface area contributed by atoms with E-state index in [1.54, 1.807) is 12.3 Å². The van der Waals surface area contributed by atoms with Crippen LogP contribution in [-0.4, -0.2) is 17.3 Å². The Balaban J connectivity index is 2.47. The van der Waals surface area contributed by atoms with Crippen molar-refractivity contribution in [2.75, 3.05) is 6.54 Å². The van der Waals surface area contributed by atoms with Gasteiger partial charge >= 0.3 is 0 Å². The summed E-state index contributed by atoms with van der Waals surface area (Å²) in [6.07, 6.45) is 2.84. The summed E-state index contributed by atoms with van der Waals surface area (Å²) in [6.45, 7) is 0.534. The summed E-state index contributed by atoms with van der Waals surface area (Å²) in [5, 5.41) is 0.863. The van der Waals surface area contributed by atoms with Crippen molar-refractivity contribution in [3.05, 3.63) is 36.0 Å². The van der Waals surface area contributed by atoms with Crippen molar-refractivity contribution >= 4 is 29.3 Å². The lowest BCUT2D eigenvalue weighted by Crippen LogP contribution is -2.05. The molecule has 0 saturated heterocycles. The quantitative estimate of drug-likeness (QED) is 0.643. The number of thiol groups is 1. The number of carbonyl (C=O) groups is 1. The maximum atomic E-state index is 12.0. The Morgan fingerprint density at radius 1 is 1.35 bits per heavy atom. The summed E-state index contributed by atoms with van der Waals surface area (Å²) in [5.41, 5.74) is 6.90. The van der Waals surface area contributed by atoms with Gasteiger partial charge in [0.2, 0.25) is 0 Å². The SMILES string of the molecule is NCCCC(=O)c1ccnc2c(S)cccc12. The predicted octanol–water partition coefficient (Wildman–Crippen LogP) is 2.45. The van der Waals surface area contributed by atoms with Gasteiger partial charge < -0.3 is 5.73 Å². The number of nitrogens with two attached hydrogens (primary N) is 1. The lowest BCUT2D eigenvalue weighted by Gasteiger charge is -2.06. The molecule has 1 aromatic carbocycles. The highest BCUT2D eigenvalue weighted by molar-refractivity contribution is 7.80. The highest BCUT2D eigenvalue weighted by Gasteiger charge is 2.10. The Labute approximate surface area is 105 Å². The summed E-state index contributed by atoms with van der Waals surface area (Å²) in [4.78, 5) is 17.1. The Kier molecular flexibility index (Phi) is 3.76. The maximum Gasteiger partial charge on any atom is 0.163 e. The van der Waals surface area contributed by atoms with Gasteiger partial charge in [0.05, 0.1) is 5.52 Å². The van der Waals surface area contributed by atoms with E-state index in [9.17, 15) is 4.79 Å². The average Bonchev–Trinajstić information content (AvgIpc) is 2.36. The normalized spacial score (nSPS) is 10.7. The number of hydrogen-bond donors (Lipinski definition) is 2.